The van der Waals surface area contributed by atoms with Crippen LogP contribution in [0.2, 0.25) is 5.28 Å². The zero-order chi connectivity index (χ0) is 14.5. The minimum atomic E-state index is -4.41. The van der Waals surface area contributed by atoms with Gasteiger partial charge >= 0.3 is 11.9 Å². The number of hydrogen-bond donors (Lipinski definition) is 1. The zero-order valence-electron chi connectivity index (χ0n) is 9.28. The van der Waals surface area contributed by atoms with Gasteiger partial charge in [-0.2, -0.15) is 18.2 Å². The average molecular weight is 301 g/mol. The maximum atomic E-state index is 11.8. The number of ether oxygens (including phenoxy) is 1. The lowest BCUT2D eigenvalue weighted by Gasteiger charge is -2.08. The smallest absolute Gasteiger partial charge is 0.370 e. The Morgan fingerprint density at radius 3 is 2.79 bits per heavy atom. The molecule has 106 valence electrons. The number of nitro groups is 1. The predicted molar refractivity (Wildman–Crippen MR) is 59.1 cm³/mol. The number of nitrogens with zero attached hydrogens (tertiary/aromatic N) is 3. The Hall–Kier alpha value is -1.68. The van der Waals surface area contributed by atoms with Crippen LogP contribution in [0, 0.1) is 10.1 Å². The number of anilines is 1. The highest BCUT2D eigenvalue weighted by Gasteiger charge is 2.27. The highest BCUT2D eigenvalue weighted by molar-refractivity contribution is 6.28. The summed E-state index contributed by atoms with van der Waals surface area (Å²) in [6, 6.07) is 0. The third-order valence-electron chi connectivity index (χ3n) is 1.74. The molecule has 0 radical (unpaired) electrons. The largest absolute Gasteiger partial charge is 0.411 e. The van der Waals surface area contributed by atoms with Crippen molar-refractivity contribution in [3.63, 3.8) is 0 Å². The van der Waals surface area contributed by atoms with Crippen LogP contribution in [-0.4, -0.2) is 40.8 Å². The van der Waals surface area contributed by atoms with E-state index in [2.05, 4.69) is 20.0 Å². The first kappa shape index (κ1) is 15.4. The van der Waals surface area contributed by atoms with E-state index in [1.54, 1.807) is 0 Å². The van der Waals surface area contributed by atoms with Gasteiger partial charge in [0.1, 0.15) is 12.8 Å². The summed E-state index contributed by atoms with van der Waals surface area (Å²) in [6.45, 7) is -1.77. The molecule has 0 amide bonds. The van der Waals surface area contributed by atoms with Crippen molar-refractivity contribution in [3.05, 3.63) is 21.6 Å². The van der Waals surface area contributed by atoms with Gasteiger partial charge in [-0.05, 0) is 11.6 Å². The molecule has 1 heterocycles. The van der Waals surface area contributed by atoms with Gasteiger partial charge in [-0.15, -0.1) is 0 Å². The van der Waals surface area contributed by atoms with Crippen molar-refractivity contribution in [2.24, 2.45) is 0 Å². The van der Waals surface area contributed by atoms with Crippen molar-refractivity contribution in [1.29, 1.82) is 0 Å². The van der Waals surface area contributed by atoms with Gasteiger partial charge in [-0.25, -0.2) is 4.98 Å². The van der Waals surface area contributed by atoms with Gasteiger partial charge < -0.3 is 10.1 Å². The van der Waals surface area contributed by atoms with E-state index in [1.165, 1.54) is 0 Å². The summed E-state index contributed by atoms with van der Waals surface area (Å²) in [7, 11) is 0. The van der Waals surface area contributed by atoms with E-state index in [0.717, 1.165) is 6.20 Å². The number of alkyl halides is 3. The van der Waals surface area contributed by atoms with Crippen molar-refractivity contribution >= 4 is 23.1 Å². The number of halogens is 4. The zero-order valence-corrected chi connectivity index (χ0v) is 10.0. The standard InChI is InChI=1S/C8H8ClF3N4O3/c9-7-14-3-5(16(17)18)6(15-7)13-1-2-19-4-8(10,11)12/h3H,1-2,4H2,(H,13,14,15). The van der Waals surface area contributed by atoms with Crippen LogP contribution in [0.3, 0.4) is 0 Å². The summed E-state index contributed by atoms with van der Waals surface area (Å²) in [4.78, 5) is 16.9. The van der Waals surface area contributed by atoms with Gasteiger partial charge in [0.2, 0.25) is 11.1 Å². The van der Waals surface area contributed by atoms with E-state index in [4.69, 9.17) is 11.6 Å². The molecule has 7 nitrogen and oxygen atoms in total. The lowest BCUT2D eigenvalue weighted by Crippen LogP contribution is -2.20. The van der Waals surface area contributed by atoms with Crippen molar-refractivity contribution in [1.82, 2.24) is 9.97 Å². The van der Waals surface area contributed by atoms with Gasteiger partial charge in [0, 0.05) is 6.54 Å². The minimum Gasteiger partial charge on any atom is -0.370 e. The molecule has 0 atom stereocenters. The van der Waals surface area contributed by atoms with E-state index in [9.17, 15) is 23.3 Å². The Morgan fingerprint density at radius 1 is 1.53 bits per heavy atom. The average Bonchev–Trinajstić information content (AvgIpc) is 2.26. The molecular weight excluding hydrogens is 293 g/mol. The Bertz CT molecular complexity index is 457. The monoisotopic (exact) mass is 300 g/mol. The van der Waals surface area contributed by atoms with Crippen LogP contribution < -0.4 is 5.32 Å². The Balaban J connectivity index is 2.49. The summed E-state index contributed by atoms with van der Waals surface area (Å²) in [5.41, 5.74) is -0.430. The van der Waals surface area contributed by atoms with E-state index < -0.39 is 23.4 Å². The lowest BCUT2D eigenvalue weighted by atomic mass is 10.4. The van der Waals surface area contributed by atoms with Gasteiger partial charge in [-0.1, -0.05) is 0 Å². The van der Waals surface area contributed by atoms with E-state index >= 15 is 0 Å². The highest BCUT2D eigenvalue weighted by atomic mass is 35.5. The Kier molecular flexibility index (Phi) is 5.24. The van der Waals surface area contributed by atoms with Crippen molar-refractivity contribution < 1.29 is 22.8 Å². The molecule has 0 unspecified atom stereocenters. The first-order valence-electron chi connectivity index (χ1n) is 4.85. The topological polar surface area (TPSA) is 90.2 Å². The SMILES string of the molecule is O=[N+]([O-])c1cnc(Cl)nc1NCCOCC(F)(F)F. The summed E-state index contributed by atoms with van der Waals surface area (Å²) in [6.07, 6.45) is -3.52. The molecule has 0 spiro atoms. The minimum absolute atomic E-state index is 0.0930. The van der Waals surface area contributed by atoms with Gasteiger partial charge in [0.05, 0.1) is 11.5 Å². The maximum absolute atomic E-state index is 11.8. The van der Waals surface area contributed by atoms with Crippen LogP contribution in [-0.2, 0) is 4.74 Å². The molecule has 1 aromatic rings. The Labute approximate surface area is 109 Å². The van der Waals surface area contributed by atoms with E-state index in [0.29, 0.717) is 0 Å². The third-order valence-corrected chi connectivity index (χ3v) is 1.92. The maximum Gasteiger partial charge on any atom is 0.411 e. The first-order chi connectivity index (χ1) is 8.79. The summed E-state index contributed by atoms with van der Waals surface area (Å²) >= 11 is 5.46. The van der Waals surface area contributed by atoms with Crippen molar-refractivity contribution in [2.75, 3.05) is 25.1 Å². The molecule has 0 aliphatic heterocycles. The van der Waals surface area contributed by atoms with Crippen molar-refractivity contribution in [3.8, 4) is 0 Å². The number of nitrogens with one attached hydrogen (secondary N) is 1. The second-order valence-electron chi connectivity index (χ2n) is 3.22. The van der Waals surface area contributed by atoms with Crippen LogP contribution in [0.25, 0.3) is 0 Å². The summed E-state index contributed by atoms with van der Waals surface area (Å²) in [5.74, 6) is -0.180. The number of rotatable bonds is 6. The molecule has 0 bridgehead atoms. The molecule has 1 rings (SSSR count). The normalized spacial score (nSPS) is 11.4. The van der Waals surface area contributed by atoms with Gasteiger partial charge in [-0.3, -0.25) is 10.1 Å². The molecule has 1 N–H and O–H groups in total. The first-order valence-corrected chi connectivity index (χ1v) is 5.22. The molecule has 0 saturated heterocycles. The van der Waals surface area contributed by atoms with Crippen LogP contribution in [0.15, 0.2) is 6.20 Å². The molecule has 19 heavy (non-hydrogen) atoms. The van der Waals surface area contributed by atoms with Crippen LogP contribution in [0.5, 0.6) is 0 Å². The molecule has 0 fully saturated rings. The van der Waals surface area contributed by atoms with Crippen molar-refractivity contribution in [2.45, 2.75) is 6.18 Å². The third kappa shape index (κ3) is 5.66. The quantitative estimate of drug-likeness (QED) is 0.374. The highest BCUT2D eigenvalue weighted by Crippen LogP contribution is 2.21. The fraction of sp³-hybridized carbons (Fsp3) is 0.500. The predicted octanol–water partition coefficient (Wildman–Crippen LogP) is 2.03. The molecule has 0 aliphatic rings. The fourth-order valence-electron chi connectivity index (χ4n) is 1.05. The summed E-state index contributed by atoms with van der Waals surface area (Å²) in [5, 5.41) is 12.8. The van der Waals surface area contributed by atoms with Crippen LogP contribution in [0.4, 0.5) is 24.7 Å². The molecule has 0 aromatic carbocycles. The molecule has 11 heteroatoms. The number of hydrogen-bond acceptors (Lipinski definition) is 6. The molecule has 0 aliphatic carbocycles. The molecule has 0 saturated carbocycles. The van der Waals surface area contributed by atoms with E-state index in [1.807, 2.05) is 0 Å². The second-order valence-corrected chi connectivity index (χ2v) is 3.56. The molecule has 1 aromatic heterocycles. The van der Waals surface area contributed by atoms with Crippen LogP contribution >= 0.6 is 11.6 Å². The van der Waals surface area contributed by atoms with E-state index in [-0.39, 0.29) is 24.3 Å². The Morgan fingerprint density at radius 2 is 2.21 bits per heavy atom. The second kappa shape index (κ2) is 6.48. The van der Waals surface area contributed by atoms with Gasteiger partial charge in [0.25, 0.3) is 0 Å². The fourth-order valence-corrected chi connectivity index (χ4v) is 1.18. The lowest BCUT2D eigenvalue weighted by molar-refractivity contribution is -0.384. The van der Waals surface area contributed by atoms with Gasteiger partial charge in [0.15, 0.2) is 0 Å². The summed E-state index contributed by atoms with van der Waals surface area (Å²) < 4.78 is 39.6. The number of aromatic nitrogens is 2. The molecular formula is C8H8ClF3N4O3. The van der Waals surface area contributed by atoms with Crippen LogP contribution in [0.1, 0.15) is 0 Å².